The third kappa shape index (κ3) is 6.43. The van der Waals surface area contributed by atoms with Gasteiger partial charge in [-0.25, -0.2) is 9.97 Å². The molecule has 0 spiro atoms. The van der Waals surface area contributed by atoms with Crippen LogP contribution >= 0.6 is 11.3 Å². The molecule has 3 rings (SSSR count). The van der Waals surface area contributed by atoms with E-state index in [2.05, 4.69) is 32.1 Å². The Morgan fingerprint density at radius 2 is 1.96 bits per heavy atom. The van der Waals surface area contributed by atoms with Crippen molar-refractivity contribution >= 4 is 23.1 Å². The van der Waals surface area contributed by atoms with Gasteiger partial charge in [-0.1, -0.05) is 32.6 Å². The average molecular weight is 390 g/mol. The van der Waals surface area contributed by atoms with Gasteiger partial charge in [-0.2, -0.15) is 4.98 Å². The van der Waals surface area contributed by atoms with E-state index in [0.29, 0.717) is 0 Å². The van der Waals surface area contributed by atoms with Gasteiger partial charge in [-0.3, -0.25) is 0 Å². The highest BCUT2D eigenvalue weighted by Gasteiger charge is 2.16. The Kier molecular flexibility index (Phi) is 8.30. The van der Waals surface area contributed by atoms with Crippen LogP contribution in [0.3, 0.4) is 0 Å². The summed E-state index contributed by atoms with van der Waals surface area (Å²) in [4.78, 5) is 18.4. The molecule has 2 aromatic rings. The summed E-state index contributed by atoms with van der Waals surface area (Å²) in [7, 11) is 0. The van der Waals surface area contributed by atoms with Crippen LogP contribution in [0.1, 0.15) is 44.7 Å². The number of rotatable bonds is 11. The van der Waals surface area contributed by atoms with E-state index in [-0.39, 0.29) is 0 Å². The second-order valence-electron chi connectivity index (χ2n) is 6.95. The lowest BCUT2D eigenvalue weighted by atomic mass is 10.1. The van der Waals surface area contributed by atoms with E-state index in [9.17, 15) is 0 Å². The van der Waals surface area contributed by atoms with E-state index in [4.69, 9.17) is 9.72 Å². The number of thiazole rings is 1. The summed E-state index contributed by atoms with van der Waals surface area (Å²) in [5, 5.41) is 2.14. The molecule has 0 N–H and O–H groups in total. The second kappa shape index (κ2) is 11.2. The Morgan fingerprint density at radius 1 is 1.11 bits per heavy atom. The van der Waals surface area contributed by atoms with Gasteiger partial charge in [0.15, 0.2) is 0 Å². The largest absolute Gasteiger partial charge is 0.378 e. The molecule has 0 radical (unpaired) electrons. The molecule has 7 heteroatoms. The highest BCUT2D eigenvalue weighted by molar-refractivity contribution is 7.07. The number of ether oxygens (including phenoxy) is 1. The number of unbranched alkanes of at least 4 members (excludes halogenated alkanes) is 4. The highest BCUT2D eigenvalue weighted by atomic mass is 32.1. The molecule has 0 aromatic carbocycles. The van der Waals surface area contributed by atoms with E-state index < -0.39 is 0 Å². The van der Waals surface area contributed by atoms with Crippen molar-refractivity contribution in [2.24, 2.45) is 0 Å². The maximum absolute atomic E-state index is 5.45. The van der Waals surface area contributed by atoms with Crippen LogP contribution in [-0.2, 0) is 11.2 Å². The molecule has 0 saturated carbocycles. The molecule has 6 nitrogen and oxygen atoms in total. The lowest BCUT2D eigenvalue weighted by Gasteiger charge is -2.28. The van der Waals surface area contributed by atoms with Crippen LogP contribution < -0.4 is 9.80 Å². The van der Waals surface area contributed by atoms with Gasteiger partial charge in [0.2, 0.25) is 5.95 Å². The van der Waals surface area contributed by atoms with Crippen molar-refractivity contribution in [1.82, 2.24) is 15.0 Å². The minimum atomic E-state index is 0.749. The van der Waals surface area contributed by atoms with Crippen LogP contribution in [0.4, 0.5) is 11.8 Å². The van der Waals surface area contributed by atoms with Crippen molar-refractivity contribution in [3.05, 3.63) is 28.8 Å². The zero-order valence-electron chi connectivity index (χ0n) is 16.3. The summed E-state index contributed by atoms with van der Waals surface area (Å²) in [6.45, 7) is 7.45. The second-order valence-corrected chi connectivity index (χ2v) is 7.66. The van der Waals surface area contributed by atoms with E-state index in [0.717, 1.165) is 57.6 Å². The molecule has 1 aliphatic heterocycles. The Hall–Kier alpha value is -1.73. The molecule has 0 bridgehead atoms. The van der Waals surface area contributed by atoms with E-state index in [1.54, 1.807) is 11.3 Å². The maximum Gasteiger partial charge on any atom is 0.227 e. The van der Waals surface area contributed by atoms with Crippen LogP contribution in [0.25, 0.3) is 0 Å². The molecular weight excluding hydrogens is 358 g/mol. The summed E-state index contributed by atoms with van der Waals surface area (Å²) < 4.78 is 5.45. The fourth-order valence-electron chi connectivity index (χ4n) is 3.29. The smallest absolute Gasteiger partial charge is 0.227 e. The number of anilines is 2. The van der Waals surface area contributed by atoms with Crippen molar-refractivity contribution in [1.29, 1.82) is 0 Å². The Morgan fingerprint density at radius 3 is 2.74 bits per heavy atom. The summed E-state index contributed by atoms with van der Waals surface area (Å²) in [6, 6.07) is 2.04. The van der Waals surface area contributed by atoms with E-state index >= 15 is 0 Å². The summed E-state index contributed by atoms with van der Waals surface area (Å²) >= 11 is 1.66. The lowest BCUT2D eigenvalue weighted by molar-refractivity contribution is 0.122. The topological polar surface area (TPSA) is 54.4 Å². The first kappa shape index (κ1) is 20.0. The molecule has 0 aliphatic carbocycles. The zero-order valence-corrected chi connectivity index (χ0v) is 17.2. The molecule has 1 saturated heterocycles. The van der Waals surface area contributed by atoms with Gasteiger partial charge < -0.3 is 14.5 Å². The quantitative estimate of drug-likeness (QED) is 0.545. The molecule has 1 aliphatic rings. The molecule has 0 atom stereocenters. The standard InChI is InChI=1S/C20H31N5OS/c1-2-3-4-5-6-10-24(11-8-18-16-27-17-22-18)19-7-9-21-20(23-19)25-12-14-26-15-13-25/h7,9,16-17H,2-6,8,10-15H2,1H3. The zero-order chi connectivity index (χ0) is 18.7. The van der Waals surface area contributed by atoms with Crippen LogP contribution in [-0.4, -0.2) is 54.3 Å². The minimum absolute atomic E-state index is 0.749. The maximum atomic E-state index is 5.45. The number of hydrogen-bond donors (Lipinski definition) is 0. The summed E-state index contributed by atoms with van der Waals surface area (Å²) in [5.41, 5.74) is 3.07. The van der Waals surface area contributed by atoms with Crippen LogP contribution in [0.15, 0.2) is 23.2 Å². The van der Waals surface area contributed by atoms with Crippen molar-refractivity contribution in [3.63, 3.8) is 0 Å². The number of morpholine rings is 1. The van der Waals surface area contributed by atoms with Crippen LogP contribution in [0.5, 0.6) is 0 Å². The summed E-state index contributed by atoms with van der Waals surface area (Å²) in [5.74, 6) is 1.85. The number of nitrogens with zero attached hydrogens (tertiary/aromatic N) is 5. The molecule has 3 heterocycles. The van der Waals surface area contributed by atoms with Gasteiger partial charge in [0.25, 0.3) is 0 Å². The molecule has 148 valence electrons. The van der Waals surface area contributed by atoms with Crippen molar-refractivity contribution < 1.29 is 4.74 Å². The number of aromatic nitrogens is 3. The van der Waals surface area contributed by atoms with Gasteiger partial charge in [-0.05, 0) is 12.5 Å². The third-order valence-corrected chi connectivity index (χ3v) is 5.53. The molecule has 27 heavy (non-hydrogen) atoms. The first-order valence-electron chi connectivity index (χ1n) is 10.1. The van der Waals surface area contributed by atoms with Gasteiger partial charge in [0.05, 0.1) is 24.4 Å². The Balaban J connectivity index is 1.64. The van der Waals surface area contributed by atoms with Crippen LogP contribution in [0.2, 0.25) is 0 Å². The predicted octanol–water partition coefficient (Wildman–Crippen LogP) is 3.79. The molecule has 0 amide bonds. The fourth-order valence-corrected chi connectivity index (χ4v) is 3.88. The Labute approximate surface area is 166 Å². The average Bonchev–Trinajstić information content (AvgIpc) is 3.24. The van der Waals surface area contributed by atoms with Crippen molar-refractivity contribution in [2.45, 2.75) is 45.4 Å². The Bertz CT molecular complexity index is 646. The van der Waals surface area contributed by atoms with Gasteiger partial charge >= 0.3 is 0 Å². The minimum Gasteiger partial charge on any atom is -0.378 e. The fraction of sp³-hybridized carbons (Fsp3) is 0.650. The van der Waals surface area contributed by atoms with E-state index in [1.165, 1.54) is 37.8 Å². The van der Waals surface area contributed by atoms with Crippen LogP contribution in [0, 0.1) is 0 Å². The van der Waals surface area contributed by atoms with Gasteiger partial charge in [0, 0.05) is 44.2 Å². The van der Waals surface area contributed by atoms with Crippen molar-refractivity contribution in [3.8, 4) is 0 Å². The molecule has 1 fully saturated rings. The van der Waals surface area contributed by atoms with Crippen molar-refractivity contribution in [2.75, 3.05) is 49.2 Å². The van der Waals surface area contributed by atoms with E-state index in [1.807, 2.05) is 17.8 Å². The first-order valence-corrected chi connectivity index (χ1v) is 11.1. The van der Waals surface area contributed by atoms with Gasteiger partial charge in [-0.15, -0.1) is 11.3 Å². The predicted molar refractivity (Wildman–Crippen MR) is 112 cm³/mol. The third-order valence-electron chi connectivity index (χ3n) is 4.90. The highest BCUT2D eigenvalue weighted by Crippen LogP contribution is 2.18. The molecule has 2 aromatic heterocycles. The SMILES string of the molecule is CCCCCCCN(CCc1cscn1)c1ccnc(N2CCOCC2)n1. The molecule has 0 unspecified atom stereocenters. The first-order chi connectivity index (χ1) is 13.4. The normalized spacial score (nSPS) is 14.5. The van der Waals surface area contributed by atoms with Gasteiger partial charge in [0.1, 0.15) is 5.82 Å². The molecular formula is C20H31N5OS. The number of hydrogen-bond acceptors (Lipinski definition) is 7. The monoisotopic (exact) mass is 389 g/mol. The summed E-state index contributed by atoms with van der Waals surface area (Å²) in [6.07, 6.45) is 9.25. The lowest BCUT2D eigenvalue weighted by Crippen LogP contribution is -2.37.